The number of likely N-dealkylation sites (tertiary alicyclic amines) is 1. The topological polar surface area (TPSA) is 86.8 Å². The van der Waals surface area contributed by atoms with Crippen molar-refractivity contribution < 1.29 is 18.0 Å². The van der Waals surface area contributed by atoms with E-state index in [0.717, 1.165) is 37.9 Å². The molecule has 0 spiro atoms. The fourth-order valence-electron chi connectivity index (χ4n) is 3.95. The highest BCUT2D eigenvalue weighted by molar-refractivity contribution is 7.92. The Bertz CT molecular complexity index is 1060. The van der Waals surface area contributed by atoms with Crippen LogP contribution in [0.25, 0.3) is 0 Å². The highest BCUT2D eigenvalue weighted by atomic mass is 32.2. The SMILES string of the molecule is Cc1ccccc1N(CCCC(=O)Nc1ccccc1C(=O)N1CCCCC1)S(C)(=O)=O. The summed E-state index contributed by atoms with van der Waals surface area (Å²) >= 11 is 0. The molecular weight excluding hydrogens is 426 g/mol. The second-order valence-electron chi connectivity index (χ2n) is 8.17. The van der Waals surface area contributed by atoms with Crippen LogP contribution in [-0.2, 0) is 14.8 Å². The van der Waals surface area contributed by atoms with E-state index in [2.05, 4.69) is 5.32 Å². The maximum absolute atomic E-state index is 12.9. The van der Waals surface area contributed by atoms with E-state index in [1.165, 1.54) is 10.6 Å². The molecule has 3 rings (SSSR count). The summed E-state index contributed by atoms with van der Waals surface area (Å²) < 4.78 is 25.9. The summed E-state index contributed by atoms with van der Waals surface area (Å²) in [6.45, 7) is 3.53. The molecule has 1 N–H and O–H groups in total. The number of carbonyl (C=O) groups excluding carboxylic acids is 2. The average Bonchev–Trinajstić information content (AvgIpc) is 2.77. The monoisotopic (exact) mass is 457 g/mol. The van der Waals surface area contributed by atoms with Gasteiger partial charge in [-0.05, 0) is 56.4 Å². The third kappa shape index (κ3) is 6.09. The summed E-state index contributed by atoms with van der Waals surface area (Å²) in [6, 6.07) is 14.3. The number of rotatable bonds is 8. The molecule has 0 bridgehead atoms. The van der Waals surface area contributed by atoms with Gasteiger partial charge in [0.25, 0.3) is 5.91 Å². The van der Waals surface area contributed by atoms with Crippen molar-refractivity contribution >= 4 is 33.2 Å². The van der Waals surface area contributed by atoms with Crippen molar-refractivity contribution in [1.29, 1.82) is 0 Å². The van der Waals surface area contributed by atoms with Crippen molar-refractivity contribution in [1.82, 2.24) is 4.90 Å². The number of nitrogens with one attached hydrogen (secondary N) is 1. The second kappa shape index (κ2) is 10.6. The van der Waals surface area contributed by atoms with Gasteiger partial charge in [0.1, 0.15) is 0 Å². The number of benzene rings is 2. The van der Waals surface area contributed by atoms with Crippen LogP contribution in [0.15, 0.2) is 48.5 Å². The van der Waals surface area contributed by atoms with Crippen molar-refractivity contribution in [2.24, 2.45) is 0 Å². The van der Waals surface area contributed by atoms with Crippen molar-refractivity contribution in [3.8, 4) is 0 Å². The summed E-state index contributed by atoms with van der Waals surface area (Å²) in [4.78, 5) is 27.3. The fourth-order valence-corrected chi connectivity index (χ4v) is 4.97. The lowest BCUT2D eigenvalue weighted by atomic mass is 10.1. The van der Waals surface area contributed by atoms with Gasteiger partial charge in [-0.1, -0.05) is 30.3 Å². The Morgan fingerprint density at radius 3 is 2.34 bits per heavy atom. The van der Waals surface area contributed by atoms with Crippen LogP contribution in [0.3, 0.4) is 0 Å². The molecule has 2 aromatic carbocycles. The van der Waals surface area contributed by atoms with Gasteiger partial charge in [-0.2, -0.15) is 0 Å². The van der Waals surface area contributed by atoms with E-state index in [9.17, 15) is 18.0 Å². The van der Waals surface area contributed by atoms with Gasteiger partial charge in [0.05, 0.1) is 23.2 Å². The summed E-state index contributed by atoms with van der Waals surface area (Å²) in [6.07, 6.45) is 4.80. The summed E-state index contributed by atoms with van der Waals surface area (Å²) in [5.74, 6) is -0.314. The first-order chi connectivity index (χ1) is 15.3. The zero-order valence-corrected chi connectivity index (χ0v) is 19.5. The van der Waals surface area contributed by atoms with Crippen molar-refractivity contribution in [3.63, 3.8) is 0 Å². The van der Waals surface area contributed by atoms with Gasteiger partial charge in [-0.3, -0.25) is 13.9 Å². The van der Waals surface area contributed by atoms with Crippen molar-refractivity contribution in [3.05, 3.63) is 59.7 Å². The second-order valence-corrected chi connectivity index (χ2v) is 10.1. The van der Waals surface area contributed by atoms with E-state index in [0.29, 0.717) is 23.4 Å². The lowest BCUT2D eigenvalue weighted by molar-refractivity contribution is -0.116. The Labute approximate surface area is 190 Å². The van der Waals surface area contributed by atoms with Gasteiger partial charge in [0.15, 0.2) is 0 Å². The van der Waals surface area contributed by atoms with E-state index in [-0.39, 0.29) is 24.8 Å². The van der Waals surface area contributed by atoms with Crippen LogP contribution in [0.1, 0.15) is 48.0 Å². The maximum Gasteiger partial charge on any atom is 0.255 e. The maximum atomic E-state index is 12.9. The van der Waals surface area contributed by atoms with Crippen molar-refractivity contribution in [2.75, 3.05) is 35.5 Å². The Balaban J connectivity index is 1.63. The predicted octanol–water partition coefficient (Wildman–Crippen LogP) is 3.81. The summed E-state index contributed by atoms with van der Waals surface area (Å²) in [5, 5.41) is 2.84. The predicted molar refractivity (Wildman–Crippen MR) is 127 cm³/mol. The third-order valence-electron chi connectivity index (χ3n) is 5.62. The minimum absolute atomic E-state index is 0.0663. The van der Waals surface area contributed by atoms with E-state index < -0.39 is 10.0 Å². The number of piperidine rings is 1. The van der Waals surface area contributed by atoms with Crippen LogP contribution < -0.4 is 9.62 Å². The molecule has 0 unspecified atom stereocenters. The molecule has 1 fully saturated rings. The van der Waals surface area contributed by atoms with Crippen LogP contribution in [0.2, 0.25) is 0 Å². The molecule has 2 aromatic rings. The zero-order chi connectivity index (χ0) is 23.1. The lowest BCUT2D eigenvalue weighted by Crippen LogP contribution is -2.36. The van der Waals surface area contributed by atoms with Crippen LogP contribution in [-0.4, -0.2) is 51.0 Å². The standard InChI is InChI=1S/C24H31N3O4S/c1-19-11-4-7-14-22(19)27(32(2,30)31)18-10-15-23(28)25-21-13-6-5-12-20(21)24(29)26-16-8-3-9-17-26/h4-7,11-14H,3,8-10,15-18H2,1-2H3,(H,25,28). The molecule has 0 radical (unpaired) electrons. The molecule has 1 heterocycles. The summed E-state index contributed by atoms with van der Waals surface area (Å²) in [7, 11) is -3.48. The molecule has 0 saturated carbocycles. The van der Waals surface area contributed by atoms with Gasteiger partial charge in [-0.15, -0.1) is 0 Å². The van der Waals surface area contributed by atoms with Gasteiger partial charge in [-0.25, -0.2) is 8.42 Å². The van der Waals surface area contributed by atoms with Crippen LogP contribution in [0, 0.1) is 6.92 Å². The molecule has 7 nitrogen and oxygen atoms in total. The summed E-state index contributed by atoms with van der Waals surface area (Å²) in [5.41, 5.74) is 2.45. The molecule has 1 saturated heterocycles. The number of para-hydroxylation sites is 2. The zero-order valence-electron chi connectivity index (χ0n) is 18.7. The van der Waals surface area contributed by atoms with Gasteiger partial charge in [0.2, 0.25) is 15.9 Å². The normalized spacial score (nSPS) is 14.1. The third-order valence-corrected chi connectivity index (χ3v) is 6.80. The van der Waals surface area contributed by atoms with Crippen LogP contribution >= 0.6 is 0 Å². The van der Waals surface area contributed by atoms with Gasteiger partial charge >= 0.3 is 0 Å². The number of hydrogen-bond donors (Lipinski definition) is 1. The first-order valence-electron chi connectivity index (χ1n) is 11.0. The number of nitrogens with zero attached hydrogens (tertiary/aromatic N) is 2. The average molecular weight is 458 g/mol. The van der Waals surface area contributed by atoms with Crippen molar-refractivity contribution in [2.45, 2.75) is 39.0 Å². The smallest absolute Gasteiger partial charge is 0.255 e. The molecule has 1 aliphatic heterocycles. The van der Waals surface area contributed by atoms with Gasteiger partial charge in [0, 0.05) is 26.1 Å². The Kier molecular flexibility index (Phi) is 7.90. The highest BCUT2D eigenvalue weighted by Crippen LogP contribution is 2.23. The molecule has 172 valence electrons. The largest absolute Gasteiger partial charge is 0.339 e. The van der Waals surface area contributed by atoms with Gasteiger partial charge < -0.3 is 10.2 Å². The quantitative estimate of drug-likeness (QED) is 0.653. The lowest BCUT2D eigenvalue weighted by Gasteiger charge is -2.27. The number of hydrogen-bond acceptors (Lipinski definition) is 4. The molecule has 0 aliphatic carbocycles. The molecule has 2 amide bonds. The molecular formula is C24H31N3O4S. The number of anilines is 2. The molecule has 32 heavy (non-hydrogen) atoms. The van der Waals surface area contributed by atoms with E-state index in [1.54, 1.807) is 36.4 Å². The van der Waals surface area contributed by atoms with E-state index in [4.69, 9.17) is 0 Å². The number of amides is 2. The minimum Gasteiger partial charge on any atom is -0.339 e. The number of aryl methyl sites for hydroxylation is 1. The first kappa shape index (κ1) is 23.8. The van der Waals surface area contributed by atoms with Crippen LogP contribution in [0.4, 0.5) is 11.4 Å². The van der Waals surface area contributed by atoms with Crippen LogP contribution in [0.5, 0.6) is 0 Å². The fraction of sp³-hybridized carbons (Fsp3) is 0.417. The Morgan fingerprint density at radius 1 is 1.00 bits per heavy atom. The minimum atomic E-state index is -3.48. The molecule has 1 aliphatic rings. The molecule has 8 heteroatoms. The number of sulfonamides is 1. The highest BCUT2D eigenvalue weighted by Gasteiger charge is 2.22. The number of carbonyl (C=O) groups is 2. The Morgan fingerprint density at radius 2 is 1.66 bits per heavy atom. The molecule has 0 aromatic heterocycles. The molecule has 0 atom stereocenters. The first-order valence-corrected chi connectivity index (χ1v) is 12.8. The van der Waals surface area contributed by atoms with E-state index in [1.807, 2.05) is 24.0 Å². The van der Waals surface area contributed by atoms with E-state index >= 15 is 0 Å². The Hall–Kier alpha value is -2.87.